The van der Waals surface area contributed by atoms with Gasteiger partial charge >= 0.3 is 0 Å². The number of rotatable bonds is 5. The third-order valence-electron chi connectivity index (χ3n) is 4.87. The van der Waals surface area contributed by atoms with E-state index in [0.717, 1.165) is 33.0 Å². The molecule has 5 aromatic rings. The van der Waals surface area contributed by atoms with Crippen molar-refractivity contribution in [3.8, 4) is 16.3 Å². The summed E-state index contributed by atoms with van der Waals surface area (Å²) in [6, 6.07) is 21.6. The molecule has 2 heterocycles. The topological polar surface area (TPSA) is 85.6 Å². The molecular formula is C23H18N6OS. The molecule has 31 heavy (non-hydrogen) atoms. The van der Waals surface area contributed by atoms with Crippen LogP contribution in [0.4, 0.5) is 5.69 Å². The van der Waals surface area contributed by atoms with Crippen LogP contribution in [0.15, 0.2) is 73.1 Å². The smallest absolute Gasteiger partial charge is 0.228 e. The SMILES string of the molecule is Cc1ccc2nc(-c3ccc(NC(=O)Cc4ccc(-n5cnnn5)cc4)cc3)sc2c1. The summed E-state index contributed by atoms with van der Waals surface area (Å²) >= 11 is 1.67. The molecule has 1 N–H and O–H groups in total. The number of aryl methyl sites for hydroxylation is 1. The second kappa shape index (κ2) is 8.08. The highest BCUT2D eigenvalue weighted by molar-refractivity contribution is 7.21. The van der Waals surface area contributed by atoms with Gasteiger partial charge in [0.05, 0.1) is 22.3 Å². The van der Waals surface area contributed by atoms with Crippen molar-refractivity contribution in [1.29, 1.82) is 0 Å². The molecule has 3 aromatic carbocycles. The molecule has 8 heteroatoms. The van der Waals surface area contributed by atoms with Crippen LogP contribution in [0.1, 0.15) is 11.1 Å². The van der Waals surface area contributed by atoms with Gasteiger partial charge in [-0.05, 0) is 77.0 Å². The first kappa shape index (κ1) is 19.1. The zero-order valence-corrected chi connectivity index (χ0v) is 17.5. The number of tetrazole rings is 1. The molecule has 0 aliphatic heterocycles. The minimum Gasteiger partial charge on any atom is -0.326 e. The van der Waals surface area contributed by atoms with Crippen molar-refractivity contribution in [1.82, 2.24) is 25.2 Å². The summed E-state index contributed by atoms with van der Waals surface area (Å²) in [6.07, 6.45) is 1.82. The predicted molar refractivity (Wildman–Crippen MR) is 121 cm³/mol. The van der Waals surface area contributed by atoms with E-state index in [9.17, 15) is 4.79 Å². The highest BCUT2D eigenvalue weighted by atomic mass is 32.1. The summed E-state index contributed by atoms with van der Waals surface area (Å²) in [5, 5.41) is 15.0. The molecule has 0 unspecified atom stereocenters. The minimum absolute atomic E-state index is 0.0709. The molecule has 0 saturated carbocycles. The van der Waals surface area contributed by atoms with Crippen molar-refractivity contribution in [2.24, 2.45) is 0 Å². The standard InChI is InChI=1S/C23H18N6OS/c1-15-2-11-20-21(12-15)31-23(26-20)17-5-7-18(8-6-17)25-22(30)13-16-3-9-19(10-4-16)29-14-24-27-28-29/h2-12,14H,13H2,1H3,(H,25,30). The van der Waals surface area contributed by atoms with Gasteiger partial charge in [-0.25, -0.2) is 9.67 Å². The lowest BCUT2D eigenvalue weighted by Crippen LogP contribution is -2.14. The molecule has 0 atom stereocenters. The van der Waals surface area contributed by atoms with Crippen LogP contribution in [-0.2, 0) is 11.2 Å². The summed E-state index contributed by atoms with van der Waals surface area (Å²) in [5.41, 5.74) is 5.79. The first-order valence-corrected chi connectivity index (χ1v) is 10.6. The van der Waals surface area contributed by atoms with Gasteiger partial charge in [0, 0.05) is 11.3 Å². The maximum absolute atomic E-state index is 12.4. The lowest BCUT2D eigenvalue weighted by atomic mass is 10.1. The third-order valence-corrected chi connectivity index (χ3v) is 5.94. The summed E-state index contributed by atoms with van der Waals surface area (Å²) in [5.74, 6) is -0.0709. The molecule has 0 bridgehead atoms. The monoisotopic (exact) mass is 426 g/mol. The Kier molecular flexibility index (Phi) is 4.97. The quantitative estimate of drug-likeness (QED) is 0.449. The van der Waals surface area contributed by atoms with E-state index in [1.807, 2.05) is 48.5 Å². The number of carbonyl (C=O) groups excluding carboxylic acids is 1. The van der Waals surface area contributed by atoms with Gasteiger partial charge in [-0.2, -0.15) is 0 Å². The Morgan fingerprint density at radius 2 is 1.84 bits per heavy atom. The van der Waals surface area contributed by atoms with Gasteiger partial charge in [0.15, 0.2) is 0 Å². The Morgan fingerprint density at radius 3 is 2.58 bits per heavy atom. The lowest BCUT2D eigenvalue weighted by Gasteiger charge is -2.07. The highest BCUT2D eigenvalue weighted by Gasteiger charge is 2.08. The van der Waals surface area contributed by atoms with Crippen LogP contribution in [0.2, 0.25) is 0 Å². The molecule has 0 spiro atoms. The summed E-state index contributed by atoms with van der Waals surface area (Å²) in [7, 11) is 0. The molecular weight excluding hydrogens is 408 g/mol. The van der Waals surface area contributed by atoms with Gasteiger partial charge in [-0.1, -0.05) is 18.2 Å². The van der Waals surface area contributed by atoms with Gasteiger partial charge in [0.1, 0.15) is 11.3 Å². The number of fused-ring (bicyclic) bond motifs is 1. The summed E-state index contributed by atoms with van der Waals surface area (Å²) in [6.45, 7) is 2.08. The van der Waals surface area contributed by atoms with Crippen LogP contribution in [0.5, 0.6) is 0 Å². The average molecular weight is 427 g/mol. The third kappa shape index (κ3) is 4.19. The van der Waals surface area contributed by atoms with Crippen molar-refractivity contribution < 1.29 is 4.79 Å². The van der Waals surface area contributed by atoms with Crippen LogP contribution in [0.25, 0.3) is 26.5 Å². The lowest BCUT2D eigenvalue weighted by molar-refractivity contribution is -0.115. The second-order valence-corrected chi connectivity index (χ2v) is 8.24. The minimum atomic E-state index is -0.0709. The van der Waals surface area contributed by atoms with E-state index in [-0.39, 0.29) is 12.3 Å². The van der Waals surface area contributed by atoms with E-state index in [1.54, 1.807) is 16.0 Å². The second-order valence-electron chi connectivity index (χ2n) is 7.21. The van der Waals surface area contributed by atoms with E-state index in [1.165, 1.54) is 16.6 Å². The van der Waals surface area contributed by atoms with Gasteiger partial charge < -0.3 is 5.32 Å². The van der Waals surface area contributed by atoms with Crippen molar-refractivity contribution in [3.63, 3.8) is 0 Å². The summed E-state index contributed by atoms with van der Waals surface area (Å²) in [4.78, 5) is 17.2. The van der Waals surface area contributed by atoms with E-state index in [2.05, 4.69) is 46.0 Å². The molecule has 0 aliphatic carbocycles. The Hall–Kier alpha value is -3.91. The molecule has 7 nitrogen and oxygen atoms in total. The number of amides is 1. The fourth-order valence-corrected chi connectivity index (χ4v) is 4.36. The molecule has 0 fully saturated rings. The van der Waals surface area contributed by atoms with Crippen LogP contribution in [0, 0.1) is 6.92 Å². The summed E-state index contributed by atoms with van der Waals surface area (Å²) < 4.78 is 2.75. The van der Waals surface area contributed by atoms with Crippen LogP contribution in [-0.4, -0.2) is 31.1 Å². The number of hydrogen-bond acceptors (Lipinski definition) is 6. The highest BCUT2D eigenvalue weighted by Crippen LogP contribution is 2.31. The van der Waals surface area contributed by atoms with Crippen LogP contribution >= 0.6 is 11.3 Å². The van der Waals surface area contributed by atoms with Gasteiger partial charge in [-0.15, -0.1) is 16.4 Å². The molecule has 1 amide bonds. The van der Waals surface area contributed by atoms with E-state index < -0.39 is 0 Å². The predicted octanol–water partition coefficient (Wildman–Crippen LogP) is 4.43. The number of nitrogens with zero attached hydrogens (tertiary/aromatic N) is 5. The number of hydrogen-bond donors (Lipinski definition) is 1. The molecule has 0 aliphatic rings. The molecule has 2 aromatic heterocycles. The first-order chi connectivity index (χ1) is 15.1. The largest absolute Gasteiger partial charge is 0.326 e. The molecule has 0 saturated heterocycles. The number of nitrogens with one attached hydrogen (secondary N) is 1. The normalized spacial score (nSPS) is 11.0. The maximum atomic E-state index is 12.4. The van der Waals surface area contributed by atoms with Crippen molar-refractivity contribution in [2.75, 3.05) is 5.32 Å². The molecule has 5 rings (SSSR count). The Bertz CT molecular complexity index is 1340. The number of aromatic nitrogens is 5. The number of anilines is 1. The van der Waals surface area contributed by atoms with Crippen LogP contribution < -0.4 is 5.32 Å². The van der Waals surface area contributed by atoms with E-state index in [0.29, 0.717) is 0 Å². The van der Waals surface area contributed by atoms with E-state index >= 15 is 0 Å². The zero-order chi connectivity index (χ0) is 21.2. The van der Waals surface area contributed by atoms with Crippen LogP contribution in [0.3, 0.4) is 0 Å². The maximum Gasteiger partial charge on any atom is 0.228 e. The van der Waals surface area contributed by atoms with Crippen molar-refractivity contribution >= 4 is 33.1 Å². The number of thiazole rings is 1. The molecule has 0 radical (unpaired) electrons. The zero-order valence-electron chi connectivity index (χ0n) is 16.7. The Morgan fingerprint density at radius 1 is 1.03 bits per heavy atom. The van der Waals surface area contributed by atoms with Crippen molar-refractivity contribution in [3.05, 3.63) is 84.2 Å². The number of carbonyl (C=O) groups is 1. The van der Waals surface area contributed by atoms with Gasteiger partial charge in [0.2, 0.25) is 5.91 Å². The fraction of sp³-hybridized carbons (Fsp3) is 0.0870. The molecule has 152 valence electrons. The van der Waals surface area contributed by atoms with Gasteiger partial charge in [0.25, 0.3) is 0 Å². The fourth-order valence-electron chi connectivity index (χ4n) is 3.29. The van der Waals surface area contributed by atoms with E-state index in [4.69, 9.17) is 4.98 Å². The number of benzene rings is 3. The Balaban J connectivity index is 1.24. The van der Waals surface area contributed by atoms with Crippen molar-refractivity contribution in [2.45, 2.75) is 13.3 Å². The first-order valence-electron chi connectivity index (χ1n) is 9.74. The average Bonchev–Trinajstić information content (AvgIpc) is 3.44. The Labute approximate surface area is 182 Å². The van der Waals surface area contributed by atoms with Gasteiger partial charge in [-0.3, -0.25) is 4.79 Å².